The highest BCUT2D eigenvalue weighted by Crippen LogP contribution is 2.45. The maximum atomic E-state index is 13.4. The molecule has 4 rings (SSSR count). The number of hydrogen-bond acceptors (Lipinski definition) is 5. The number of carbonyl (C=O) groups is 2. The number of halogens is 2. The molecule has 0 saturated heterocycles. The zero-order valence-corrected chi connectivity index (χ0v) is 19.7. The van der Waals surface area contributed by atoms with E-state index in [-0.39, 0.29) is 17.8 Å². The highest BCUT2D eigenvalue weighted by Gasteiger charge is 2.51. The van der Waals surface area contributed by atoms with Crippen LogP contribution in [0, 0.1) is 10.1 Å². The fourth-order valence-corrected chi connectivity index (χ4v) is 4.52. The summed E-state index contributed by atoms with van der Waals surface area (Å²) in [7, 11) is 0. The molecule has 162 valence electrons. The van der Waals surface area contributed by atoms with Gasteiger partial charge in [0.2, 0.25) is 0 Å². The molecule has 0 fully saturated rings. The van der Waals surface area contributed by atoms with Crippen LogP contribution in [0.15, 0.2) is 75.7 Å². The van der Waals surface area contributed by atoms with Crippen molar-refractivity contribution in [3.05, 3.63) is 102 Å². The van der Waals surface area contributed by atoms with Gasteiger partial charge in [-0.2, -0.15) is 0 Å². The van der Waals surface area contributed by atoms with Gasteiger partial charge < -0.3 is 10.0 Å². The van der Waals surface area contributed by atoms with Crippen LogP contribution in [0.5, 0.6) is 0 Å². The highest BCUT2D eigenvalue weighted by molar-refractivity contribution is 9.10. The third kappa shape index (κ3) is 3.99. The first-order valence-corrected chi connectivity index (χ1v) is 11.1. The normalized spacial score (nSPS) is 17.3. The molecule has 3 aromatic rings. The molecule has 32 heavy (non-hydrogen) atoms. The fourth-order valence-electron chi connectivity index (χ4n) is 3.75. The van der Waals surface area contributed by atoms with E-state index in [1.54, 1.807) is 18.2 Å². The maximum absolute atomic E-state index is 13.4. The lowest BCUT2D eigenvalue weighted by Gasteiger charge is -2.23. The number of carbonyl (C=O) groups excluding carboxylic acids is 2. The molecule has 1 aliphatic rings. The second kappa shape index (κ2) is 8.57. The van der Waals surface area contributed by atoms with Gasteiger partial charge in [0.15, 0.2) is 11.4 Å². The Morgan fingerprint density at radius 1 is 1.06 bits per heavy atom. The molecule has 1 unspecified atom stereocenters. The average Bonchev–Trinajstić information content (AvgIpc) is 2.96. The van der Waals surface area contributed by atoms with Crippen molar-refractivity contribution >= 4 is 54.9 Å². The number of benzene rings is 3. The molecule has 1 aliphatic heterocycles. The van der Waals surface area contributed by atoms with E-state index in [0.29, 0.717) is 15.7 Å². The Bertz CT molecular complexity index is 1250. The van der Waals surface area contributed by atoms with Crippen LogP contribution >= 0.6 is 31.9 Å². The molecule has 0 aliphatic carbocycles. The molecule has 0 bridgehead atoms. The van der Waals surface area contributed by atoms with E-state index in [1.807, 2.05) is 24.3 Å². The van der Waals surface area contributed by atoms with E-state index in [9.17, 15) is 24.8 Å². The van der Waals surface area contributed by atoms with Gasteiger partial charge in [0.1, 0.15) is 0 Å². The quantitative estimate of drug-likeness (QED) is 0.256. The lowest BCUT2D eigenvalue weighted by Crippen LogP contribution is -2.41. The Balaban J connectivity index is 1.69. The van der Waals surface area contributed by atoms with E-state index < -0.39 is 28.6 Å². The van der Waals surface area contributed by atoms with Gasteiger partial charge in [-0.25, -0.2) is 0 Å². The molecule has 0 spiro atoms. The van der Waals surface area contributed by atoms with Crippen LogP contribution in [-0.4, -0.2) is 21.7 Å². The lowest BCUT2D eigenvalue weighted by molar-refractivity contribution is -0.384. The van der Waals surface area contributed by atoms with Gasteiger partial charge in [0.25, 0.3) is 11.6 Å². The van der Waals surface area contributed by atoms with Crippen molar-refractivity contribution in [1.82, 2.24) is 0 Å². The van der Waals surface area contributed by atoms with Crippen LogP contribution in [0.25, 0.3) is 0 Å². The number of amides is 1. The van der Waals surface area contributed by atoms with Crippen LogP contribution in [0.4, 0.5) is 11.4 Å². The van der Waals surface area contributed by atoms with Gasteiger partial charge in [-0.05, 0) is 42.0 Å². The lowest BCUT2D eigenvalue weighted by atomic mass is 9.88. The smallest absolute Gasteiger partial charge is 0.269 e. The van der Waals surface area contributed by atoms with Gasteiger partial charge in [0.05, 0.1) is 23.6 Å². The number of nitrogens with zero attached hydrogens (tertiary/aromatic N) is 2. The monoisotopic (exact) mass is 558 g/mol. The van der Waals surface area contributed by atoms with Gasteiger partial charge in [0, 0.05) is 32.2 Å². The summed E-state index contributed by atoms with van der Waals surface area (Å²) in [6.45, 7) is 0.211. The topological polar surface area (TPSA) is 101 Å². The summed E-state index contributed by atoms with van der Waals surface area (Å²) >= 11 is 6.85. The number of non-ortho nitro benzene ring substituents is 1. The molecule has 1 atom stereocenters. The second-order valence-corrected chi connectivity index (χ2v) is 9.18. The molecule has 0 saturated carbocycles. The number of nitro groups is 1. The fraction of sp³-hybridized carbons (Fsp3) is 0.130. The molecule has 0 aromatic heterocycles. The van der Waals surface area contributed by atoms with E-state index in [2.05, 4.69) is 31.9 Å². The maximum Gasteiger partial charge on any atom is 0.269 e. The third-order valence-corrected chi connectivity index (χ3v) is 6.66. The Hall–Kier alpha value is -2.88. The summed E-state index contributed by atoms with van der Waals surface area (Å²) in [6, 6.07) is 17.7. The standard InChI is InChI=1S/C23H16Br2N2O5/c24-16-7-10-20-18(11-16)23(30,12-21(28)14-5-8-17(9-6-14)27(31)32)22(29)26(20)13-15-3-1-2-4-19(15)25/h1-11,30H,12-13H2. The first-order valence-electron chi connectivity index (χ1n) is 9.56. The highest BCUT2D eigenvalue weighted by atomic mass is 79.9. The molecule has 1 heterocycles. The number of nitro benzene ring substituents is 1. The number of aliphatic hydroxyl groups is 1. The summed E-state index contributed by atoms with van der Waals surface area (Å²) in [6.07, 6.45) is -0.487. The van der Waals surface area contributed by atoms with E-state index in [0.717, 1.165) is 10.0 Å². The summed E-state index contributed by atoms with van der Waals surface area (Å²) < 4.78 is 1.48. The van der Waals surface area contributed by atoms with Crippen LogP contribution in [-0.2, 0) is 16.9 Å². The van der Waals surface area contributed by atoms with Crippen molar-refractivity contribution in [2.75, 3.05) is 4.90 Å². The van der Waals surface area contributed by atoms with Crippen molar-refractivity contribution in [1.29, 1.82) is 0 Å². The summed E-state index contributed by atoms with van der Waals surface area (Å²) in [4.78, 5) is 38.1. The Kier molecular flexibility index (Phi) is 5.98. The average molecular weight is 560 g/mol. The third-order valence-electron chi connectivity index (χ3n) is 5.40. The van der Waals surface area contributed by atoms with E-state index in [4.69, 9.17) is 0 Å². The van der Waals surface area contributed by atoms with Crippen LogP contribution in [0.2, 0.25) is 0 Å². The Labute approximate surface area is 200 Å². The van der Waals surface area contributed by atoms with Gasteiger partial charge in [-0.1, -0.05) is 50.1 Å². The predicted molar refractivity (Wildman–Crippen MR) is 125 cm³/mol. The van der Waals surface area contributed by atoms with Crippen LogP contribution in [0.1, 0.15) is 27.9 Å². The number of rotatable bonds is 6. The van der Waals surface area contributed by atoms with Crippen molar-refractivity contribution in [3.63, 3.8) is 0 Å². The SMILES string of the molecule is O=C(CC1(O)C(=O)N(Cc2ccccc2Br)c2ccc(Br)cc21)c1ccc([N+](=O)[O-])cc1. The van der Waals surface area contributed by atoms with E-state index >= 15 is 0 Å². The zero-order valence-electron chi connectivity index (χ0n) is 16.5. The number of Topliss-reactive ketones (excluding diaryl/α,β-unsaturated/α-hetero) is 1. The summed E-state index contributed by atoms with van der Waals surface area (Å²) in [5, 5.41) is 22.3. The molecular weight excluding hydrogens is 544 g/mol. The predicted octanol–water partition coefficient (Wildman–Crippen LogP) is 5.13. The van der Waals surface area contributed by atoms with Gasteiger partial charge in [-0.3, -0.25) is 19.7 Å². The zero-order chi connectivity index (χ0) is 23.0. The molecule has 0 radical (unpaired) electrons. The van der Waals surface area contributed by atoms with E-state index in [1.165, 1.54) is 29.2 Å². The number of fused-ring (bicyclic) bond motifs is 1. The summed E-state index contributed by atoms with van der Waals surface area (Å²) in [5.41, 5.74) is -0.323. The Morgan fingerprint density at radius 2 is 1.75 bits per heavy atom. The largest absolute Gasteiger partial charge is 0.375 e. The number of ketones is 1. The molecule has 7 nitrogen and oxygen atoms in total. The minimum atomic E-state index is -2.06. The minimum Gasteiger partial charge on any atom is -0.375 e. The number of anilines is 1. The Morgan fingerprint density at radius 3 is 2.41 bits per heavy atom. The molecule has 3 aromatic carbocycles. The van der Waals surface area contributed by atoms with Crippen molar-refractivity contribution in [3.8, 4) is 0 Å². The second-order valence-electron chi connectivity index (χ2n) is 7.41. The minimum absolute atomic E-state index is 0.147. The first-order chi connectivity index (χ1) is 15.2. The summed E-state index contributed by atoms with van der Waals surface area (Å²) in [5.74, 6) is -1.10. The van der Waals surface area contributed by atoms with Crippen molar-refractivity contribution < 1.29 is 19.6 Å². The van der Waals surface area contributed by atoms with Crippen LogP contribution < -0.4 is 4.90 Å². The van der Waals surface area contributed by atoms with Crippen LogP contribution in [0.3, 0.4) is 0 Å². The molecular formula is C23H16Br2N2O5. The molecule has 1 amide bonds. The van der Waals surface area contributed by atoms with Crippen molar-refractivity contribution in [2.45, 2.75) is 18.6 Å². The molecule has 1 N–H and O–H groups in total. The van der Waals surface area contributed by atoms with Gasteiger partial charge >= 0.3 is 0 Å². The number of hydrogen-bond donors (Lipinski definition) is 1. The van der Waals surface area contributed by atoms with Gasteiger partial charge in [-0.15, -0.1) is 0 Å². The van der Waals surface area contributed by atoms with Crippen molar-refractivity contribution in [2.24, 2.45) is 0 Å². The first kappa shape index (κ1) is 22.3. The molecule has 9 heteroatoms.